The topological polar surface area (TPSA) is 150 Å². The number of unbranched alkanes of at least 4 members (excludes halogenated alkanes) is 2. The molecule has 2 aliphatic rings. The highest BCUT2D eigenvalue weighted by Gasteiger charge is 2.45. The van der Waals surface area contributed by atoms with Gasteiger partial charge in [0.1, 0.15) is 6.04 Å². The lowest BCUT2D eigenvalue weighted by atomic mass is 10.0. The van der Waals surface area contributed by atoms with Gasteiger partial charge in [-0.1, -0.05) is 35.1 Å². The first-order valence-corrected chi connectivity index (χ1v) is 15.0. The van der Waals surface area contributed by atoms with E-state index in [9.17, 15) is 24.0 Å². The molecule has 40 heavy (non-hydrogen) atoms. The van der Waals surface area contributed by atoms with Gasteiger partial charge in [-0.15, -0.1) is 0 Å². The van der Waals surface area contributed by atoms with E-state index in [1.54, 1.807) is 12.1 Å². The molecule has 0 bridgehead atoms. The lowest BCUT2D eigenvalue weighted by Crippen LogP contribution is -2.54. The number of piperidine rings is 1. The smallest absolute Gasteiger partial charge is 0.264 e. The average molecular weight is 674 g/mol. The van der Waals surface area contributed by atoms with Gasteiger partial charge in [-0.3, -0.25) is 34.2 Å². The summed E-state index contributed by atoms with van der Waals surface area (Å²) in [5.74, 6) is -2.66. The van der Waals surface area contributed by atoms with Crippen LogP contribution in [0.5, 0.6) is 0 Å². The van der Waals surface area contributed by atoms with Crippen LogP contribution in [0.15, 0.2) is 18.2 Å². The number of imide groups is 2. The van der Waals surface area contributed by atoms with Gasteiger partial charge < -0.3 is 24.3 Å². The summed E-state index contributed by atoms with van der Waals surface area (Å²) in [7, 11) is 0. The maximum absolute atomic E-state index is 13.1. The molecule has 3 rings (SSSR count). The van der Waals surface area contributed by atoms with E-state index in [1.165, 1.54) is 6.07 Å². The molecule has 1 atom stereocenters. The Kier molecular flexibility index (Phi) is 13.9. The number of hydrogen-bond donors (Lipinski definition) is 2. The first-order chi connectivity index (χ1) is 19.4. The second-order valence-electron chi connectivity index (χ2n) is 9.17. The first kappa shape index (κ1) is 32.1. The summed E-state index contributed by atoms with van der Waals surface area (Å²) in [5.41, 5.74) is 0.417. The molecule has 1 aromatic rings. The highest BCUT2D eigenvalue weighted by molar-refractivity contribution is 14.1. The summed E-state index contributed by atoms with van der Waals surface area (Å²) in [6.45, 7) is 4.45. The maximum atomic E-state index is 13.1. The first-order valence-electron chi connectivity index (χ1n) is 13.5. The van der Waals surface area contributed by atoms with Gasteiger partial charge in [0.25, 0.3) is 11.8 Å². The van der Waals surface area contributed by atoms with Crippen LogP contribution in [0.3, 0.4) is 0 Å². The number of anilines is 1. The summed E-state index contributed by atoms with van der Waals surface area (Å²) in [4.78, 5) is 63.1. The minimum absolute atomic E-state index is 0.0390. The number of amides is 5. The van der Waals surface area contributed by atoms with Crippen LogP contribution in [0.1, 0.15) is 59.2 Å². The number of carbonyl (C=O) groups excluding carboxylic acids is 5. The molecule has 1 unspecified atom stereocenters. The number of halogens is 1. The van der Waals surface area contributed by atoms with Gasteiger partial charge in [0.05, 0.1) is 63.1 Å². The van der Waals surface area contributed by atoms with Crippen molar-refractivity contribution in [2.45, 2.75) is 44.6 Å². The van der Waals surface area contributed by atoms with Crippen molar-refractivity contribution in [1.29, 1.82) is 0 Å². The number of ether oxygens (including phenoxy) is 4. The Labute approximate surface area is 246 Å². The maximum Gasteiger partial charge on any atom is 0.264 e. The predicted octanol–water partition coefficient (Wildman–Crippen LogP) is 2.09. The Bertz CT molecular complexity index is 1050. The number of nitrogens with one attached hydrogen (secondary N) is 2. The van der Waals surface area contributed by atoms with E-state index in [0.29, 0.717) is 52.7 Å². The Morgan fingerprint density at radius 3 is 2.17 bits per heavy atom. The summed E-state index contributed by atoms with van der Waals surface area (Å²) in [5, 5.41) is 4.90. The number of hydrogen-bond acceptors (Lipinski definition) is 9. The molecule has 0 aromatic heterocycles. The molecule has 2 N–H and O–H groups in total. The predicted molar refractivity (Wildman–Crippen MR) is 152 cm³/mol. The van der Waals surface area contributed by atoms with Crippen LogP contribution in [0.4, 0.5) is 5.69 Å². The molecule has 1 fully saturated rings. The van der Waals surface area contributed by atoms with E-state index in [4.69, 9.17) is 18.9 Å². The molecule has 220 valence electrons. The van der Waals surface area contributed by atoms with Crippen LogP contribution >= 0.6 is 22.6 Å². The average Bonchev–Trinajstić information content (AvgIpc) is 3.18. The molecular formula is C27H36IN3O9. The summed E-state index contributed by atoms with van der Waals surface area (Å²) >= 11 is 2.26. The van der Waals surface area contributed by atoms with Crippen molar-refractivity contribution in [2.24, 2.45) is 0 Å². The second-order valence-corrected chi connectivity index (χ2v) is 10.3. The summed E-state index contributed by atoms with van der Waals surface area (Å²) in [6.07, 6.45) is 2.57. The van der Waals surface area contributed by atoms with Crippen LogP contribution in [-0.4, -0.2) is 97.8 Å². The standard InChI is InChI=1S/C27H36IN3O9/c28-10-12-38-14-16-40-18-17-39-15-13-37-11-3-1-2-7-22(32)29-20-6-4-5-19-24(20)27(36)31(26(19)35)21-8-9-23(33)30-25(21)34/h4-6,21H,1-3,7-18H2,(H,29,32)(H,30,33,34). The zero-order chi connectivity index (χ0) is 28.7. The quantitative estimate of drug-likeness (QED) is 0.0975. The molecule has 2 heterocycles. The molecule has 0 aliphatic carbocycles. The van der Waals surface area contributed by atoms with Gasteiger partial charge in [-0.25, -0.2) is 0 Å². The van der Waals surface area contributed by atoms with Crippen LogP contribution in [0, 0.1) is 0 Å². The van der Waals surface area contributed by atoms with Crippen molar-refractivity contribution in [1.82, 2.24) is 10.2 Å². The zero-order valence-electron chi connectivity index (χ0n) is 22.4. The Morgan fingerprint density at radius 2 is 1.52 bits per heavy atom. The third-order valence-corrected chi connectivity index (χ3v) is 6.71. The van der Waals surface area contributed by atoms with Crippen LogP contribution < -0.4 is 10.6 Å². The third kappa shape index (κ3) is 9.58. The normalized spacial score (nSPS) is 16.8. The fourth-order valence-corrected chi connectivity index (χ4v) is 4.63. The molecule has 0 saturated carbocycles. The van der Waals surface area contributed by atoms with Crippen molar-refractivity contribution in [2.75, 3.05) is 62.6 Å². The number of fused-ring (bicyclic) bond motifs is 1. The van der Waals surface area contributed by atoms with Crippen LogP contribution in [-0.2, 0) is 33.3 Å². The summed E-state index contributed by atoms with van der Waals surface area (Å²) in [6, 6.07) is 3.56. The number of rotatable bonds is 19. The molecule has 0 spiro atoms. The summed E-state index contributed by atoms with van der Waals surface area (Å²) < 4.78 is 22.7. The van der Waals surface area contributed by atoms with Crippen molar-refractivity contribution in [3.8, 4) is 0 Å². The van der Waals surface area contributed by atoms with E-state index in [-0.39, 0.29) is 42.0 Å². The highest BCUT2D eigenvalue weighted by atomic mass is 127. The fourth-order valence-electron chi connectivity index (χ4n) is 4.31. The van der Waals surface area contributed by atoms with Crippen molar-refractivity contribution in [3.05, 3.63) is 29.3 Å². The van der Waals surface area contributed by atoms with E-state index >= 15 is 0 Å². The minimum atomic E-state index is -1.06. The van der Waals surface area contributed by atoms with E-state index in [0.717, 1.165) is 28.8 Å². The van der Waals surface area contributed by atoms with Gasteiger partial charge in [-0.05, 0) is 31.4 Å². The van der Waals surface area contributed by atoms with Gasteiger partial charge in [0.2, 0.25) is 17.7 Å². The number of benzene rings is 1. The fraction of sp³-hybridized carbons (Fsp3) is 0.593. The molecule has 5 amide bonds. The van der Waals surface area contributed by atoms with Crippen molar-refractivity contribution < 1.29 is 42.9 Å². The zero-order valence-corrected chi connectivity index (χ0v) is 24.6. The SMILES string of the molecule is O=C1CCC(N2C(=O)c3cccc(NC(=O)CCCCCOCCOCCOCCOCCI)c3C2=O)C(=O)N1. The van der Waals surface area contributed by atoms with Gasteiger partial charge in [0, 0.05) is 23.9 Å². The molecule has 13 heteroatoms. The van der Waals surface area contributed by atoms with E-state index in [1.807, 2.05) is 0 Å². The second kappa shape index (κ2) is 17.4. The van der Waals surface area contributed by atoms with E-state index < -0.39 is 29.7 Å². The van der Waals surface area contributed by atoms with Gasteiger partial charge in [0.15, 0.2) is 0 Å². The third-order valence-electron chi connectivity index (χ3n) is 6.27. The Balaban J connectivity index is 1.29. The monoisotopic (exact) mass is 673 g/mol. The number of carbonyl (C=O) groups is 5. The lowest BCUT2D eigenvalue weighted by Gasteiger charge is -2.27. The van der Waals surface area contributed by atoms with Crippen molar-refractivity contribution >= 4 is 57.8 Å². The molecular weight excluding hydrogens is 637 g/mol. The lowest BCUT2D eigenvalue weighted by molar-refractivity contribution is -0.136. The Morgan fingerprint density at radius 1 is 0.875 bits per heavy atom. The van der Waals surface area contributed by atoms with Gasteiger partial charge >= 0.3 is 0 Å². The largest absolute Gasteiger partial charge is 0.379 e. The number of nitrogens with zero attached hydrogens (tertiary/aromatic N) is 1. The van der Waals surface area contributed by atoms with Crippen LogP contribution in [0.25, 0.3) is 0 Å². The molecule has 1 saturated heterocycles. The molecule has 2 aliphatic heterocycles. The number of alkyl halides is 1. The molecule has 0 radical (unpaired) electrons. The Hall–Kier alpha value is -2.46. The van der Waals surface area contributed by atoms with Crippen molar-refractivity contribution in [3.63, 3.8) is 0 Å². The minimum Gasteiger partial charge on any atom is -0.379 e. The highest BCUT2D eigenvalue weighted by Crippen LogP contribution is 2.32. The van der Waals surface area contributed by atoms with Crippen LogP contribution in [0.2, 0.25) is 0 Å². The molecule has 1 aromatic carbocycles. The van der Waals surface area contributed by atoms with E-state index in [2.05, 4.69) is 33.2 Å². The molecule has 12 nitrogen and oxygen atoms in total. The van der Waals surface area contributed by atoms with Gasteiger partial charge in [-0.2, -0.15) is 0 Å².